The van der Waals surface area contributed by atoms with E-state index in [0.29, 0.717) is 6.42 Å². The summed E-state index contributed by atoms with van der Waals surface area (Å²) in [6.45, 7) is 3.30. The fraction of sp³-hybridized carbons (Fsp3) is 0.615. The van der Waals surface area contributed by atoms with Crippen molar-refractivity contribution in [2.75, 3.05) is 13.2 Å². The van der Waals surface area contributed by atoms with Crippen molar-refractivity contribution in [2.24, 2.45) is 5.92 Å². The molecule has 2 amide bonds. The molecule has 0 aromatic heterocycles. The smallest absolute Gasteiger partial charge is 0.416 e. The molecule has 0 radical (unpaired) electrons. The van der Waals surface area contributed by atoms with Crippen LogP contribution >= 0.6 is 0 Å². The molecule has 1 N–H and O–H groups in total. The minimum atomic E-state index is -0.995. The monoisotopic (exact) mass is 283 g/mol. The van der Waals surface area contributed by atoms with Crippen molar-refractivity contribution in [3.8, 4) is 0 Å². The zero-order valence-electron chi connectivity index (χ0n) is 11.4. The lowest BCUT2D eigenvalue weighted by Gasteiger charge is -2.33. The molecule has 0 saturated carbocycles. The van der Waals surface area contributed by atoms with Gasteiger partial charge in [-0.05, 0) is 19.4 Å². The minimum absolute atomic E-state index is 0.139. The first-order chi connectivity index (χ1) is 9.40. The Hall–Kier alpha value is -1.89. The minimum Gasteiger partial charge on any atom is -0.457 e. The molecule has 2 rings (SSSR count). The van der Waals surface area contributed by atoms with E-state index in [2.05, 4.69) is 0 Å². The molecule has 7 nitrogen and oxygen atoms in total. The van der Waals surface area contributed by atoms with E-state index >= 15 is 0 Å². The van der Waals surface area contributed by atoms with Crippen molar-refractivity contribution in [1.29, 1.82) is 0 Å². The van der Waals surface area contributed by atoms with E-state index < -0.39 is 36.1 Å². The maximum atomic E-state index is 12.4. The normalized spacial score (nSPS) is 29.8. The number of hydrogen-bond donors (Lipinski definition) is 1. The summed E-state index contributed by atoms with van der Waals surface area (Å²) in [7, 11) is 0. The zero-order chi connectivity index (χ0) is 14.9. The summed E-state index contributed by atoms with van der Waals surface area (Å²) in [6, 6.07) is 0. The van der Waals surface area contributed by atoms with Gasteiger partial charge in [-0.25, -0.2) is 9.69 Å². The SMILES string of the molecule is CC(=O)O[C@@H]1C=C(C)C[C@@H](O)[C@@H]1C(=O)N1CCOC1=O. The first kappa shape index (κ1) is 14.5. The molecular weight excluding hydrogens is 266 g/mol. The molecule has 0 spiro atoms. The highest BCUT2D eigenvalue weighted by Gasteiger charge is 2.44. The molecule has 3 atom stereocenters. The van der Waals surface area contributed by atoms with Gasteiger partial charge in [-0.15, -0.1) is 0 Å². The average Bonchev–Trinajstić information content (AvgIpc) is 2.73. The molecule has 1 saturated heterocycles. The van der Waals surface area contributed by atoms with Gasteiger partial charge in [0.25, 0.3) is 0 Å². The predicted octanol–water partition coefficient (Wildman–Crippen LogP) is 0.224. The highest BCUT2D eigenvalue weighted by molar-refractivity contribution is 5.95. The van der Waals surface area contributed by atoms with E-state index in [1.807, 2.05) is 0 Å². The first-order valence-electron chi connectivity index (χ1n) is 6.41. The largest absolute Gasteiger partial charge is 0.457 e. The van der Waals surface area contributed by atoms with Crippen molar-refractivity contribution >= 4 is 18.0 Å². The molecule has 2 aliphatic rings. The molecule has 110 valence electrons. The summed E-state index contributed by atoms with van der Waals surface area (Å²) < 4.78 is 9.80. The Bertz CT molecular complexity index is 471. The van der Waals surface area contributed by atoms with Gasteiger partial charge in [-0.1, -0.05) is 5.57 Å². The van der Waals surface area contributed by atoms with Gasteiger partial charge in [0.2, 0.25) is 5.91 Å². The lowest BCUT2D eigenvalue weighted by atomic mass is 9.84. The van der Waals surface area contributed by atoms with Crippen LogP contribution in [0.2, 0.25) is 0 Å². The molecule has 0 aromatic carbocycles. The zero-order valence-corrected chi connectivity index (χ0v) is 11.4. The summed E-state index contributed by atoms with van der Waals surface area (Å²) in [4.78, 5) is 35.9. The van der Waals surface area contributed by atoms with Crippen LogP contribution in [0.1, 0.15) is 20.3 Å². The summed E-state index contributed by atoms with van der Waals surface area (Å²) in [5.41, 5.74) is 0.830. The molecule has 7 heteroatoms. The molecule has 20 heavy (non-hydrogen) atoms. The first-order valence-corrected chi connectivity index (χ1v) is 6.41. The number of carbonyl (C=O) groups excluding carboxylic acids is 3. The molecular formula is C13H17NO6. The fourth-order valence-electron chi connectivity index (χ4n) is 2.51. The van der Waals surface area contributed by atoms with Crippen LogP contribution in [0, 0.1) is 5.92 Å². The number of carbonyl (C=O) groups is 3. The second-order valence-corrected chi connectivity index (χ2v) is 4.99. The Morgan fingerprint density at radius 1 is 1.50 bits per heavy atom. The topological polar surface area (TPSA) is 93.1 Å². The number of ether oxygens (including phenoxy) is 2. The van der Waals surface area contributed by atoms with Crippen LogP contribution in [0.5, 0.6) is 0 Å². The average molecular weight is 283 g/mol. The highest BCUT2D eigenvalue weighted by Crippen LogP contribution is 2.29. The van der Waals surface area contributed by atoms with Crippen LogP contribution in [0.3, 0.4) is 0 Å². The Kier molecular flexibility index (Phi) is 4.08. The number of imide groups is 1. The predicted molar refractivity (Wildman–Crippen MR) is 66.5 cm³/mol. The van der Waals surface area contributed by atoms with Crippen LogP contribution < -0.4 is 0 Å². The molecule has 1 aliphatic heterocycles. The summed E-state index contributed by atoms with van der Waals surface area (Å²) in [6.07, 6.45) is -0.646. The lowest BCUT2D eigenvalue weighted by Crippen LogP contribution is -2.49. The van der Waals surface area contributed by atoms with E-state index in [1.165, 1.54) is 6.92 Å². The van der Waals surface area contributed by atoms with Gasteiger partial charge < -0.3 is 14.6 Å². The third-order valence-corrected chi connectivity index (χ3v) is 3.36. The van der Waals surface area contributed by atoms with Gasteiger partial charge in [0.05, 0.1) is 12.6 Å². The van der Waals surface area contributed by atoms with E-state index in [0.717, 1.165) is 10.5 Å². The van der Waals surface area contributed by atoms with Gasteiger partial charge in [0, 0.05) is 6.92 Å². The molecule has 1 fully saturated rings. The second-order valence-electron chi connectivity index (χ2n) is 4.99. The maximum absolute atomic E-state index is 12.4. The van der Waals surface area contributed by atoms with E-state index in [4.69, 9.17) is 9.47 Å². The third kappa shape index (κ3) is 2.82. The summed E-state index contributed by atoms with van der Waals surface area (Å²) in [5.74, 6) is -2.10. The standard InChI is InChI=1S/C13H17NO6/c1-7-5-9(16)11(10(6-7)20-8(2)15)12(17)14-3-4-19-13(14)18/h6,9-11,16H,3-5H2,1-2H3/t9-,10-,11+/m1/s1. The third-order valence-electron chi connectivity index (χ3n) is 3.36. The van der Waals surface area contributed by atoms with Gasteiger partial charge in [0.15, 0.2) is 0 Å². The van der Waals surface area contributed by atoms with Crippen molar-refractivity contribution in [3.05, 3.63) is 11.6 Å². The Labute approximate surface area is 116 Å². The summed E-state index contributed by atoms with van der Waals surface area (Å²) in [5, 5.41) is 10.1. The van der Waals surface area contributed by atoms with Crippen LogP contribution in [0.15, 0.2) is 11.6 Å². The van der Waals surface area contributed by atoms with E-state index in [9.17, 15) is 19.5 Å². The fourth-order valence-corrected chi connectivity index (χ4v) is 2.51. The quantitative estimate of drug-likeness (QED) is 0.576. The van der Waals surface area contributed by atoms with E-state index in [1.54, 1.807) is 13.0 Å². The molecule has 1 aliphatic carbocycles. The Balaban J connectivity index is 2.23. The number of esters is 1. The molecule has 0 unspecified atom stereocenters. The molecule has 0 aromatic rings. The molecule has 1 heterocycles. The van der Waals surface area contributed by atoms with Gasteiger partial charge in [0.1, 0.15) is 18.6 Å². The Morgan fingerprint density at radius 3 is 2.75 bits per heavy atom. The highest BCUT2D eigenvalue weighted by atomic mass is 16.6. The van der Waals surface area contributed by atoms with Crippen molar-refractivity contribution in [1.82, 2.24) is 4.90 Å². The van der Waals surface area contributed by atoms with Crippen molar-refractivity contribution in [3.63, 3.8) is 0 Å². The van der Waals surface area contributed by atoms with Crippen LogP contribution in [0.4, 0.5) is 4.79 Å². The van der Waals surface area contributed by atoms with Crippen LogP contribution in [-0.2, 0) is 19.1 Å². The number of aliphatic hydroxyl groups excluding tert-OH is 1. The number of amides is 2. The number of rotatable bonds is 2. The van der Waals surface area contributed by atoms with Gasteiger partial charge >= 0.3 is 12.1 Å². The second kappa shape index (κ2) is 5.62. The van der Waals surface area contributed by atoms with Crippen LogP contribution in [-0.4, -0.2) is 53.3 Å². The summed E-state index contributed by atoms with van der Waals surface area (Å²) >= 11 is 0. The van der Waals surface area contributed by atoms with Gasteiger partial charge in [-0.2, -0.15) is 0 Å². The van der Waals surface area contributed by atoms with Crippen molar-refractivity contribution in [2.45, 2.75) is 32.5 Å². The number of nitrogens with zero attached hydrogens (tertiary/aromatic N) is 1. The number of cyclic esters (lactones) is 1. The lowest BCUT2D eigenvalue weighted by molar-refractivity contribution is -0.154. The van der Waals surface area contributed by atoms with E-state index in [-0.39, 0.29) is 13.2 Å². The molecule has 0 bridgehead atoms. The van der Waals surface area contributed by atoms with Crippen LogP contribution in [0.25, 0.3) is 0 Å². The van der Waals surface area contributed by atoms with Gasteiger partial charge in [-0.3, -0.25) is 9.59 Å². The number of aliphatic hydroxyl groups is 1. The number of hydrogen-bond acceptors (Lipinski definition) is 6. The Morgan fingerprint density at radius 2 is 2.20 bits per heavy atom. The maximum Gasteiger partial charge on any atom is 0.416 e. The van der Waals surface area contributed by atoms with Crippen molar-refractivity contribution < 1.29 is 29.0 Å².